The maximum Gasteiger partial charge on any atom is 0.532 e. The van der Waals surface area contributed by atoms with Crippen LogP contribution in [0.2, 0.25) is 0 Å². The summed E-state index contributed by atoms with van der Waals surface area (Å²) in [5.41, 5.74) is 0. The van der Waals surface area contributed by atoms with E-state index in [1.165, 1.54) is 12.8 Å². The van der Waals surface area contributed by atoms with Gasteiger partial charge in [-0.3, -0.25) is 0 Å². The number of hydrogen-bond acceptors (Lipinski definition) is 3. The predicted octanol–water partition coefficient (Wildman–Crippen LogP) is 4.35. The van der Waals surface area contributed by atoms with Crippen molar-refractivity contribution in [3.05, 3.63) is 11.8 Å². The fourth-order valence-corrected chi connectivity index (χ4v) is 4.67. The third-order valence-corrected chi connectivity index (χ3v) is 6.28. The van der Waals surface area contributed by atoms with E-state index in [9.17, 15) is 0 Å². The van der Waals surface area contributed by atoms with Crippen LogP contribution in [0.1, 0.15) is 60.3 Å². The first-order valence-electron chi connectivity index (χ1n) is 7.66. The van der Waals surface area contributed by atoms with E-state index in [1.54, 1.807) is 0 Å². The predicted molar refractivity (Wildman–Crippen MR) is 83.1 cm³/mol. The van der Waals surface area contributed by atoms with Crippen LogP contribution < -0.4 is 0 Å². The standard InChI is InChI=1S/C15H32O3Si/c1-7-11-14(5)12-13-15(6)19(16-8-2,17-9-3)18-10-4/h14H,6-13H2,1-5H3. The molecule has 0 heterocycles. The van der Waals surface area contributed by atoms with E-state index < -0.39 is 8.80 Å². The molecule has 4 heteroatoms. The lowest BCUT2D eigenvalue weighted by Crippen LogP contribution is -2.48. The van der Waals surface area contributed by atoms with Gasteiger partial charge in [-0.15, -0.1) is 0 Å². The molecular weight excluding hydrogens is 256 g/mol. The Kier molecular flexibility index (Phi) is 10.5. The van der Waals surface area contributed by atoms with Crippen LogP contribution >= 0.6 is 0 Å². The Morgan fingerprint density at radius 3 is 1.79 bits per heavy atom. The number of rotatable bonds is 12. The van der Waals surface area contributed by atoms with Crippen LogP contribution in [0.25, 0.3) is 0 Å². The highest BCUT2D eigenvalue weighted by Gasteiger charge is 2.43. The molecular formula is C15H32O3Si. The number of allylic oxidation sites excluding steroid dienone is 1. The Labute approximate surface area is 120 Å². The fraction of sp³-hybridized carbons (Fsp3) is 0.867. The zero-order chi connectivity index (χ0) is 14.7. The summed E-state index contributed by atoms with van der Waals surface area (Å²) in [6.07, 6.45) is 4.57. The van der Waals surface area contributed by atoms with Gasteiger partial charge in [0.15, 0.2) is 0 Å². The molecule has 0 aromatic carbocycles. The normalized spacial score (nSPS) is 13.5. The summed E-state index contributed by atoms with van der Waals surface area (Å²) in [6.45, 7) is 16.5. The van der Waals surface area contributed by atoms with E-state index >= 15 is 0 Å². The van der Waals surface area contributed by atoms with E-state index in [2.05, 4.69) is 20.4 Å². The van der Waals surface area contributed by atoms with Crippen LogP contribution in [-0.2, 0) is 13.3 Å². The lowest BCUT2D eigenvalue weighted by atomic mass is 10.0. The molecule has 0 N–H and O–H groups in total. The minimum Gasteiger partial charge on any atom is -0.371 e. The average molecular weight is 289 g/mol. The minimum atomic E-state index is -2.68. The van der Waals surface area contributed by atoms with Crippen molar-refractivity contribution in [1.29, 1.82) is 0 Å². The van der Waals surface area contributed by atoms with Crippen molar-refractivity contribution in [1.82, 2.24) is 0 Å². The second kappa shape index (κ2) is 10.6. The summed E-state index contributed by atoms with van der Waals surface area (Å²) in [5.74, 6) is 0.721. The Morgan fingerprint density at radius 1 is 0.947 bits per heavy atom. The molecule has 1 unspecified atom stereocenters. The highest BCUT2D eigenvalue weighted by atomic mass is 28.4. The molecule has 0 spiro atoms. The first kappa shape index (κ1) is 18.8. The molecule has 0 saturated heterocycles. The van der Waals surface area contributed by atoms with E-state index in [-0.39, 0.29) is 0 Å². The van der Waals surface area contributed by atoms with Gasteiger partial charge in [0.1, 0.15) is 0 Å². The van der Waals surface area contributed by atoms with Crippen LogP contribution in [0.3, 0.4) is 0 Å². The summed E-state index contributed by atoms with van der Waals surface area (Å²) in [4.78, 5) is 0. The van der Waals surface area contributed by atoms with Gasteiger partial charge in [-0.25, -0.2) is 0 Å². The van der Waals surface area contributed by atoms with Gasteiger partial charge < -0.3 is 13.3 Å². The zero-order valence-corrected chi connectivity index (χ0v) is 14.5. The molecule has 3 nitrogen and oxygen atoms in total. The van der Waals surface area contributed by atoms with Gasteiger partial charge >= 0.3 is 8.80 Å². The largest absolute Gasteiger partial charge is 0.532 e. The van der Waals surface area contributed by atoms with Gasteiger partial charge in [0.05, 0.1) is 0 Å². The molecule has 0 aliphatic rings. The Balaban J connectivity index is 4.59. The van der Waals surface area contributed by atoms with Crippen LogP contribution in [0.4, 0.5) is 0 Å². The van der Waals surface area contributed by atoms with Crippen molar-refractivity contribution in [2.45, 2.75) is 60.3 Å². The monoisotopic (exact) mass is 288 g/mol. The second-order valence-corrected chi connectivity index (χ2v) is 7.58. The molecule has 19 heavy (non-hydrogen) atoms. The second-order valence-electron chi connectivity index (χ2n) is 4.89. The van der Waals surface area contributed by atoms with Gasteiger partial charge in [-0.05, 0) is 44.7 Å². The quantitative estimate of drug-likeness (QED) is 0.500. The van der Waals surface area contributed by atoms with Crippen molar-refractivity contribution < 1.29 is 13.3 Å². The maximum atomic E-state index is 5.86. The van der Waals surface area contributed by atoms with E-state index in [4.69, 9.17) is 13.3 Å². The molecule has 0 aliphatic heterocycles. The zero-order valence-electron chi connectivity index (χ0n) is 13.5. The molecule has 0 aromatic rings. The van der Waals surface area contributed by atoms with Gasteiger partial charge in [-0.2, -0.15) is 0 Å². The number of hydrogen-bond donors (Lipinski definition) is 0. The van der Waals surface area contributed by atoms with E-state index in [1.807, 2.05) is 20.8 Å². The third-order valence-electron chi connectivity index (χ3n) is 3.16. The smallest absolute Gasteiger partial charge is 0.371 e. The molecule has 0 fully saturated rings. The molecule has 114 valence electrons. The van der Waals surface area contributed by atoms with Crippen molar-refractivity contribution in [2.75, 3.05) is 19.8 Å². The average Bonchev–Trinajstić information content (AvgIpc) is 2.37. The van der Waals surface area contributed by atoms with Crippen LogP contribution in [-0.4, -0.2) is 28.6 Å². The van der Waals surface area contributed by atoms with Gasteiger partial charge in [-0.1, -0.05) is 33.3 Å². The van der Waals surface area contributed by atoms with Crippen molar-refractivity contribution in [3.63, 3.8) is 0 Å². The van der Waals surface area contributed by atoms with E-state index in [0.29, 0.717) is 19.8 Å². The fourth-order valence-electron chi connectivity index (χ4n) is 2.21. The van der Waals surface area contributed by atoms with Crippen molar-refractivity contribution in [3.8, 4) is 0 Å². The van der Waals surface area contributed by atoms with Crippen molar-refractivity contribution >= 4 is 8.80 Å². The summed E-state index contributed by atoms with van der Waals surface area (Å²) in [5, 5.41) is 1.03. The molecule has 0 radical (unpaired) electrons. The first-order chi connectivity index (χ1) is 9.06. The SMILES string of the molecule is C=C(CCC(C)CCC)[Si](OCC)(OCC)OCC. The van der Waals surface area contributed by atoms with Gasteiger partial charge in [0.25, 0.3) is 0 Å². The van der Waals surface area contributed by atoms with Gasteiger partial charge in [0.2, 0.25) is 0 Å². The summed E-state index contributed by atoms with van der Waals surface area (Å²) < 4.78 is 17.6. The van der Waals surface area contributed by atoms with Crippen LogP contribution in [0.5, 0.6) is 0 Å². The Hall–Kier alpha value is -0.163. The molecule has 0 bridgehead atoms. The molecule has 0 amide bonds. The summed E-state index contributed by atoms with van der Waals surface area (Å²) in [7, 11) is -2.68. The molecule has 0 saturated carbocycles. The van der Waals surface area contributed by atoms with E-state index in [0.717, 1.165) is 24.0 Å². The summed E-state index contributed by atoms with van der Waals surface area (Å²) >= 11 is 0. The Bertz CT molecular complexity index is 227. The summed E-state index contributed by atoms with van der Waals surface area (Å²) in [6, 6.07) is 0. The highest BCUT2D eigenvalue weighted by molar-refractivity contribution is 6.68. The van der Waals surface area contributed by atoms with Crippen LogP contribution in [0.15, 0.2) is 11.8 Å². The van der Waals surface area contributed by atoms with Crippen molar-refractivity contribution in [2.24, 2.45) is 5.92 Å². The third kappa shape index (κ3) is 6.70. The molecule has 0 aromatic heterocycles. The highest BCUT2D eigenvalue weighted by Crippen LogP contribution is 2.25. The van der Waals surface area contributed by atoms with Gasteiger partial charge in [0, 0.05) is 19.8 Å². The molecule has 0 aliphatic carbocycles. The lowest BCUT2D eigenvalue weighted by Gasteiger charge is -2.30. The topological polar surface area (TPSA) is 27.7 Å². The first-order valence-corrected chi connectivity index (χ1v) is 9.38. The lowest BCUT2D eigenvalue weighted by molar-refractivity contribution is 0.0796. The molecule has 0 rings (SSSR count). The molecule has 1 atom stereocenters. The maximum absolute atomic E-state index is 5.86. The van der Waals surface area contributed by atoms with Crippen LogP contribution in [0, 0.1) is 5.92 Å². The minimum absolute atomic E-state index is 0.607. The Morgan fingerprint density at radius 2 is 1.42 bits per heavy atom.